The van der Waals surface area contributed by atoms with Gasteiger partial charge >= 0.3 is 0 Å². The van der Waals surface area contributed by atoms with Crippen LogP contribution in [0.5, 0.6) is 0 Å². The van der Waals surface area contributed by atoms with Crippen molar-refractivity contribution in [1.29, 1.82) is 0 Å². The highest BCUT2D eigenvalue weighted by atomic mass is 35.5. The smallest absolute Gasteiger partial charge is 0.170 e. The lowest BCUT2D eigenvalue weighted by Crippen LogP contribution is -2.23. The van der Waals surface area contributed by atoms with E-state index in [1.54, 1.807) is 26.8 Å². The maximum absolute atomic E-state index is 11.9. The summed E-state index contributed by atoms with van der Waals surface area (Å²) in [4.78, 5) is 23.6. The maximum Gasteiger partial charge on any atom is 0.170 e. The highest BCUT2D eigenvalue weighted by Crippen LogP contribution is 2.22. The van der Waals surface area contributed by atoms with Gasteiger partial charge in [-0.1, -0.05) is 44.0 Å². The van der Waals surface area contributed by atoms with Crippen molar-refractivity contribution in [2.75, 3.05) is 0 Å². The summed E-state index contributed by atoms with van der Waals surface area (Å²) in [5, 5.41) is 0.785. The van der Waals surface area contributed by atoms with Crippen molar-refractivity contribution in [3.63, 3.8) is 0 Å². The number of carbonyl (C=O) groups excluding carboxylic acids is 2. The molecule has 0 bridgehead atoms. The van der Waals surface area contributed by atoms with Crippen LogP contribution < -0.4 is 0 Å². The Morgan fingerprint density at radius 3 is 1.94 bits per heavy atom. The topological polar surface area (TPSA) is 34.1 Å². The molecule has 0 aliphatic heterocycles. The van der Waals surface area contributed by atoms with E-state index in [1.807, 2.05) is 0 Å². The number of ketones is 2. The molecule has 0 saturated heterocycles. The molecule has 0 N–H and O–H groups in total. The fourth-order valence-corrected chi connectivity index (χ4v) is 1.75. The molecule has 92 valence electrons. The van der Waals surface area contributed by atoms with Crippen molar-refractivity contribution in [2.24, 2.45) is 5.41 Å². The first kappa shape index (κ1) is 14.2. The van der Waals surface area contributed by atoms with Crippen LogP contribution in [0.4, 0.5) is 0 Å². The van der Waals surface area contributed by atoms with Gasteiger partial charge in [0.15, 0.2) is 5.78 Å². The van der Waals surface area contributed by atoms with Gasteiger partial charge < -0.3 is 0 Å². The molecule has 0 atom stereocenters. The van der Waals surface area contributed by atoms with Crippen LogP contribution in [0.1, 0.15) is 37.6 Å². The summed E-state index contributed by atoms with van der Waals surface area (Å²) in [6.07, 6.45) is -0.125. The van der Waals surface area contributed by atoms with Crippen LogP contribution in [0.15, 0.2) is 18.2 Å². The van der Waals surface area contributed by atoms with E-state index in [0.29, 0.717) is 15.6 Å². The van der Waals surface area contributed by atoms with E-state index in [0.717, 1.165) is 0 Å². The first-order valence-electron chi connectivity index (χ1n) is 5.23. The fraction of sp³-hybridized carbons (Fsp3) is 0.385. The van der Waals surface area contributed by atoms with Gasteiger partial charge in [0.1, 0.15) is 5.78 Å². The molecule has 1 rings (SSSR count). The number of halogens is 2. The molecule has 0 amide bonds. The van der Waals surface area contributed by atoms with Crippen molar-refractivity contribution in [2.45, 2.75) is 27.2 Å². The summed E-state index contributed by atoms with van der Waals surface area (Å²) in [6.45, 7) is 5.36. The largest absolute Gasteiger partial charge is 0.299 e. The van der Waals surface area contributed by atoms with Gasteiger partial charge in [0.2, 0.25) is 0 Å². The van der Waals surface area contributed by atoms with E-state index in [-0.39, 0.29) is 18.0 Å². The molecule has 0 radical (unpaired) electrons. The minimum absolute atomic E-state index is 0.0985. The average molecular weight is 273 g/mol. The molecule has 0 aliphatic carbocycles. The molecular formula is C13H14Cl2O2. The Hall–Kier alpha value is -0.860. The molecule has 4 heteroatoms. The molecule has 0 heterocycles. The molecule has 0 aromatic heterocycles. The molecule has 2 nitrogen and oxygen atoms in total. The maximum atomic E-state index is 11.9. The van der Waals surface area contributed by atoms with E-state index in [4.69, 9.17) is 23.2 Å². The zero-order valence-corrected chi connectivity index (χ0v) is 11.5. The monoisotopic (exact) mass is 272 g/mol. The van der Waals surface area contributed by atoms with Crippen LogP contribution in [0.3, 0.4) is 0 Å². The van der Waals surface area contributed by atoms with E-state index in [2.05, 4.69) is 0 Å². The van der Waals surface area contributed by atoms with Gasteiger partial charge in [-0.05, 0) is 18.2 Å². The highest BCUT2D eigenvalue weighted by molar-refractivity contribution is 6.35. The summed E-state index contributed by atoms with van der Waals surface area (Å²) in [7, 11) is 0. The van der Waals surface area contributed by atoms with Gasteiger partial charge in [0, 0.05) is 21.0 Å². The second-order valence-corrected chi connectivity index (χ2v) is 5.80. The average Bonchev–Trinajstić information content (AvgIpc) is 2.14. The summed E-state index contributed by atoms with van der Waals surface area (Å²) < 4.78 is 0. The number of benzene rings is 1. The van der Waals surface area contributed by atoms with Crippen LogP contribution in [-0.4, -0.2) is 11.6 Å². The number of rotatable bonds is 3. The molecule has 1 aromatic carbocycles. The first-order chi connectivity index (χ1) is 7.70. The van der Waals surface area contributed by atoms with E-state index < -0.39 is 5.41 Å². The van der Waals surface area contributed by atoms with Gasteiger partial charge in [-0.2, -0.15) is 0 Å². The van der Waals surface area contributed by atoms with Gasteiger partial charge in [-0.3, -0.25) is 9.59 Å². The Balaban J connectivity index is 2.87. The van der Waals surface area contributed by atoms with E-state index in [1.165, 1.54) is 12.1 Å². The Morgan fingerprint density at radius 1 is 1.06 bits per heavy atom. The van der Waals surface area contributed by atoms with Crippen LogP contribution in [0.2, 0.25) is 10.0 Å². The first-order valence-corrected chi connectivity index (χ1v) is 5.98. The molecule has 0 unspecified atom stereocenters. The van der Waals surface area contributed by atoms with Crippen LogP contribution in [0, 0.1) is 5.41 Å². The lowest BCUT2D eigenvalue weighted by atomic mass is 9.87. The number of hydrogen-bond acceptors (Lipinski definition) is 2. The molecule has 0 spiro atoms. The number of hydrogen-bond donors (Lipinski definition) is 0. The molecule has 0 fully saturated rings. The Bertz CT molecular complexity index is 439. The van der Waals surface area contributed by atoms with E-state index >= 15 is 0 Å². The van der Waals surface area contributed by atoms with Crippen molar-refractivity contribution in [3.8, 4) is 0 Å². The predicted molar refractivity (Wildman–Crippen MR) is 69.9 cm³/mol. The molecule has 17 heavy (non-hydrogen) atoms. The summed E-state index contributed by atoms with van der Waals surface area (Å²) in [6, 6.07) is 4.59. The standard InChI is InChI=1S/C13H14Cl2O2/c1-13(2,3)12(17)7-11(16)8-4-9(14)6-10(15)5-8/h4-6H,7H2,1-3H3. The third-order valence-corrected chi connectivity index (χ3v) is 2.78. The van der Waals surface area contributed by atoms with Crippen molar-refractivity contribution >= 4 is 34.8 Å². The van der Waals surface area contributed by atoms with Gasteiger partial charge in [0.05, 0.1) is 6.42 Å². The molecular weight excluding hydrogens is 259 g/mol. The van der Waals surface area contributed by atoms with Gasteiger partial charge in [-0.25, -0.2) is 0 Å². The zero-order chi connectivity index (χ0) is 13.2. The van der Waals surface area contributed by atoms with Crippen molar-refractivity contribution in [1.82, 2.24) is 0 Å². The summed E-state index contributed by atoms with van der Waals surface area (Å²) in [5.74, 6) is -0.354. The number of Topliss-reactive ketones (excluding diaryl/α,β-unsaturated/α-hetero) is 2. The zero-order valence-electron chi connectivity index (χ0n) is 10.0. The van der Waals surface area contributed by atoms with Crippen LogP contribution >= 0.6 is 23.2 Å². The highest BCUT2D eigenvalue weighted by Gasteiger charge is 2.24. The normalized spacial score (nSPS) is 11.4. The molecule has 0 aliphatic rings. The quantitative estimate of drug-likeness (QED) is 0.611. The Morgan fingerprint density at radius 2 is 1.53 bits per heavy atom. The second kappa shape index (κ2) is 5.19. The van der Waals surface area contributed by atoms with Gasteiger partial charge in [0.25, 0.3) is 0 Å². The Kier molecular flexibility index (Phi) is 4.34. The van der Waals surface area contributed by atoms with E-state index in [9.17, 15) is 9.59 Å². The van der Waals surface area contributed by atoms with Gasteiger partial charge in [-0.15, -0.1) is 0 Å². The predicted octanol–water partition coefficient (Wildman–Crippen LogP) is 4.18. The Labute approximate surface area is 111 Å². The fourth-order valence-electron chi connectivity index (χ4n) is 1.23. The van der Waals surface area contributed by atoms with Crippen LogP contribution in [0.25, 0.3) is 0 Å². The minimum atomic E-state index is -0.516. The minimum Gasteiger partial charge on any atom is -0.299 e. The summed E-state index contributed by atoms with van der Waals surface area (Å²) >= 11 is 11.6. The van der Waals surface area contributed by atoms with Crippen molar-refractivity contribution in [3.05, 3.63) is 33.8 Å². The number of carbonyl (C=O) groups is 2. The van der Waals surface area contributed by atoms with Crippen molar-refractivity contribution < 1.29 is 9.59 Å². The SMILES string of the molecule is CC(C)(C)C(=O)CC(=O)c1cc(Cl)cc(Cl)c1. The lowest BCUT2D eigenvalue weighted by Gasteiger charge is -2.15. The lowest BCUT2D eigenvalue weighted by molar-refractivity contribution is -0.125. The third-order valence-electron chi connectivity index (χ3n) is 2.34. The molecule has 1 aromatic rings. The molecule has 0 saturated carbocycles. The third kappa shape index (κ3) is 4.14. The van der Waals surface area contributed by atoms with Crippen LogP contribution in [-0.2, 0) is 4.79 Å². The summed E-state index contributed by atoms with van der Waals surface area (Å²) in [5.41, 5.74) is -0.141. The second-order valence-electron chi connectivity index (χ2n) is 4.93.